The molecular weight excluding hydrogens is 1100 g/mol. The number of hydrogen-bond donors (Lipinski definition) is 0. The van der Waals surface area contributed by atoms with Gasteiger partial charge >= 0.3 is 11.9 Å². The molecule has 0 radical (unpaired) electrons. The first-order valence-electron chi connectivity index (χ1n) is 29.8. The van der Waals surface area contributed by atoms with E-state index >= 15 is 9.59 Å². The number of esters is 2. The summed E-state index contributed by atoms with van der Waals surface area (Å²) >= 11 is 0. The van der Waals surface area contributed by atoms with E-state index in [1.165, 1.54) is 0 Å². The average Bonchev–Trinajstić information content (AvgIpc) is 3.14. The zero-order chi connectivity index (χ0) is 59.7. The van der Waals surface area contributed by atoms with Gasteiger partial charge in [-0.1, -0.05) is 250 Å². The molecule has 2 heterocycles. The average molecular weight is 1180 g/mol. The maximum atomic E-state index is 15.2. The summed E-state index contributed by atoms with van der Waals surface area (Å²) in [5.41, 5.74) is 7.26. The summed E-state index contributed by atoms with van der Waals surface area (Å²) in [5.74, 6) is -3.33. The summed E-state index contributed by atoms with van der Waals surface area (Å²) in [6.45, 7) is 3.18. The molecule has 14 nitrogen and oxygen atoms in total. The van der Waals surface area contributed by atoms with Crippen LogP contribution in [0.15, 0.2) is 243 Å². The quantitative estimate of drug-likeness (QED) is 0.0300. The Bertz CT molecular complexity index is 2990. The summed E-state index contributed by atoms with van der Waals surface area (Å²) in [6.07, 6.45) is -10.3. The lowest BCUT2D eigenvalue weighted by atomic mass is 9.97. The van der Waals surface area contributed by atoms with Crippen molar-refractivity contribution in [1.82, 2.24) is 0 Å². The van der Waals surface area contributed by atoms with Gasteiger partial charge in [0.15, 0.2) is 5.92 Å². The molecule has 0 aromatic heterocycles. The molecule has 0 saturated carbocycles. The maximum Gasteiger partial charge on any atom is 0.322 e. The molecule has 8 aromatic rings. The molecule has 14 heteroatoms. The SMILES string of the molecule is CCC(C(=O)OC1O[C@H](COCc2ccccc2)[C@@H](OCc2ccccc2)[C@H](OCc2ccccc2)[C@H]1OCc1ccccc1)C(=O)OC1O[C@H](COCc2ccccc2)[C@@H](OCc2ccccc2)[C@H](OCc2ccccc2)[C@H]1OCc1ccccc1. The number of carbonyl (C=O) groups is 2. The summed E-state index contributed by atoms with van der Waals surface area (Å²) < 4.78 is 80.7. The predicted octanol–water partition coefficient (Wildman–Crippen LogP) is 12.5. The first-order valence-corrected chi connectivity index (χ1v) is 29.8. The van der Waals surface area contributed by atoms with Crippen LogP contribution in [0.2, 0.25) is 0 Å². The van der Waals surface area contributed by atoms with Crippen molar-refractivity contribution in [1.29, 1.82) is 0 Å². The lowest BCUT2D eigenvalue weighted by Crippen LogP contribution is -2.62. The van der Waals surface area contributed by atoms with Crippen molar-refractivity contribution in [3.8, 4) is 0 Å². The van der Waals surface area contributed by atoms with E-state index in [1.54, 1.807) is 6.92 Å². The number of ether oxygens (including phenoxy) is 12. The topological polar surface area (TPSA) is 145 Å². The molecule has 10 atom stereocenters. The summed E-state index contributed by atoms with van der Waals surface area (Å²) in [7, 11) is 0. The van der Waals surface area contributed by atoms with E-state index in [1.807, 2.05) is 243 Å². The fourth-order valence-corrected chi connectivity index (χ4v) is 10.5. The van der Waals surface area contributed by atoms with Crippen LogP contribution < -0.4 is 0 Å². The Kier molecular flexibility index (Phi) is 24.0. The molecule has 452 valence electrons. The van der Waals surface area contributed by atoms with Crippen molar-refractivity contribution in [3.05, 3.63) is 287 Å². The zero-order valence-corrected chi connectivity index (χ0v) is 48.9. The molecule has 2 saturated heterocycles. The van der Waals surface area contributed by atoms with Crippen LogP contribution in [-0.4, -0.2) is 86.6 Å². The molecule has 87 heavy (non-hydrogen) atoms. The molecule has 2 aliphatic heterocycles. The fraction of sp³-hybridized carbons (Fsp3) is 0.315. The van der Waals surface area contributed by atoms with Crippen LogP contribution in [0.1, 0.15) is 57.9 Å². The smallest absolute Gasteiger partial charge is 0.322 e. The van der Waals surface area contributed by atoms with Gasteiger partial charge in [-0.25, -0.2) is 0 Å². The molecule has 0 spiro atoms. The van der Waals surface area contributed by atoms with Crippen LogP contribution in [0.5, 0.6) is 0 Å². The van der Waals surface area contributed by atoms with E-state index in [0.717, 1.165) is 44.5 Å². The molecule has 2 unspecified atom stereocenters. The Balaban J connectivity index is 0.960. The third-order valence-corrected chi connectivity index (χ3v) is 15.1. The van der Waals surface area contributed by atoms with Gasteiger partial charge in [-0.2, -0.15) is 0 Å². The maximum absolute atomic E-state index is 15.2. The molecule has 8 aromatic carbocycles. The van der Waals surface area contributed by atoms with E-state index in [2.05, 4.69) is 0 Å². The third kappa shape index (κ3) is 18.7. The zero-order valence-electron chi connectivity index (χ0n) is 48.9. The van der Waals surface area contributed by atoms with Gasteiger partial charge in [-0.05, 0) is 50.9 Å². The molecule has 2 aliphatic rings. The van der Waals surface area contributed by atoms with Gasteiger partial charge in [0, 0.05) is 0 Å². The lowest BCUT2D eigenvalue weighted by molar-refractivity contribution is -0.324. The third-order valence-electron chi connectivity index (χ3n) is 15.1. The molecule has 0 aliphatic carbocycles. The monoisotopic (exact) mass is 1180 g/mol. The van der Waals surface area contributed by atoms with Crippen molar-refractivity contribution in [3.63, 3.8) is 0 Å². The Labute approximate surface area is 510 Å². The van der Waals surface area contributed by atoms with Crippen LogP contribution in [0.4, 0.5) is 0 Å². The highest BCUT2D eigenvalue weighted by molar-refractivity contribution is 5.95. The Morgan fingerprint density at radius 3 is 0.770 bits per heavy atom. The molecule has 2 fully saturated rings. The van der Waals surface area contributed by atoms with E-state index in [-0.39, 0.29) is 72.5 Å². The molecule has 0 amide bonds. The molecule has 0 N–H and O–H groups in total. The normalized spacial score (nSPS) is 22.2. The predicted molar refractivity (Wildman–Crippen MR) is 326 cm³/mol. The number of hydrogen-bond acceptors (Lipinski definition) is 14. The van der Waals surface area contributed by atoms with Gasteiger partial charge in [0.05, 0.1) is 66.1 Å². The summed E-state index contributed by atoms with van der Waals surface area (Å²) in [4.78, 5) is 30.3. The Morgan fingerprint density at radius 1 is 0.310 bits per heavy atom. The molecule has 0 bridgehead atoms. The van der Waals surface area contributed by atoms with Crippen molar-refractivity contribution in [2.75, 3.05) is 13.2 Å². The van der Waals surface area contributed by atoms with Crippen molar-refractivity contribution < 1.29 is 66.4 Å². The highest BCUT2D eigenvalue weighted by atomic mass is 16.8. The number of rotatable bonds is 31. The van der Waals surface area contributed by atoms with Crippen molar-refractivity contribution in [2.45, 2.75) is 128 Å². The summed E-state index contributed by atoms with van der Waals surface area (Å²) in [5, 5.41) is 0. The second-order valence-corrected chi connectivity index (χ2v) is 21.5. The first-order chi connectivity index (χ1) is 42.9. The second-order valence-electron chi connectivity index (χ2n) is 21.5. The van der Waals surface area contributed by atoms with Crippen LogP contribution in [0.25, 0.3) is 0 Å². The van der Waals surface area contributed by atoms with Gasteiger partial charge in [-0.3, -0.25) is 9.59 Å². The largest absolute Gasteiger partial charge is 0.432 e. The van der Waals surface area contributed by atoms with Gasteiger partial charge < -0.3 is 56.8 Å². The Morgan fingerprint density at radius 2 is 0.529 bits per heavy atom. The summed E-state index contributed by atoms with van der Waals surface area (Å²) in [6, 6.07) is 78.0. The van der Waals surface area contributed by atoms with Gasteiger partial charge in [0.1, 0.15) is 48.8 Å². The minimum Gasteiger partial charge on any atom is -0.432 e. The van der Waals surface area contributed by atoms with Gasteiger partial charge in [0.25, 0.3) is 0 Å². The molecular formula is C73H76O14. The van der Waals surface area contributed by atoms with Crippen molar-refractivity contribution in [2.24, 2.45) is 5.92 Å². The number of carbonyl (C=O) groups excluding carboxylic acids is 2. The van der Waals surface area contributed by atoms with Crippen LogP contribution in [-0.2, 0) is 119 Å². The van der Waals surface area contributed by atoms with E-state index < -0.39 is 79.3 Å². The van der Waals surface area contributed by atoms with Crippen molar-refractivity contribution >= 4 is 11.9 Å². The van der Waals surface area contributed by atoms with E-state index in [4.69, 9.17) is 56.8 Å². The second kappa shape index (κ2) is 33.4. The van der Waals surface area contributed by atoms with Gasteiger partial charge in [0.2, 0.25) is 12.6 Å². The van der Waals surface area contributed by atoms with E-state index in [0.29, 0.717) is 0 Å². The number of benzene rings is 8. The van der Waals surface area contributed by atoms with Crippen LogP contribution >= 0.6 is 0 Å². The van der Waals surface area contributed by atoms with Crippen LogP contribution in [0.3, 0.4) is 0 Å². The highest BCUT2D eigenvalue weighted by Crippen LogP contribution is 2.35. The molecule has 10 rings (SSSR count). The van der Waals surface area contributed by atoms with Gasteiger partial charge in [-0.15, -0.1) is 0 Å². The minimum atomic E-state index is -1.49. The van der Waals surface area contributed by atoms with E-state index in [9.17, 15) is 0 Å². The lowest BCUT2D eigenvalue weighted by Gasteiger charge is -2.46. The first kappa shape index (κ1) is 62.4. The fourth-order valence-electron chi connectivity index (χ4n) is 10.5. The standard InChI is InChI=1S/C73H76O14/c1-2-61(70(74)86-72-68(82-49-59-39-23-9-24-40-59)66(80-47-57-35-19-7-20-36-57)64(78-45-55-31-15-5-16-32-55)62(84-72)51-76-43-53-27-11-3-12-28-53)71(75)87-73-69(83-50-60-41-25-10-26-42-60)67(81-48-58-37-21-8-22-38-58)65(79-46-56-33-17-6-18-34-56)63(85-73)52-77-44-54-29-13-4-14-30-54/h3-42,61-69,72-73H,2,43-52H2,1H3/t61?,62-,63-,64-,65-,66+,67+,68-,69-,72?,73?/m1/s1. The van der Waals surface area contributed by atoms with Crippen LogP contribution in [0, 0.1) is 5.92 Å². The highest BCUT2D eigenvalue weighted by Gasteiger charge is 2.53. The Hall–Kier alpha value is -7.70. The minimum absolute atomic E-state index is 0.0153.